The number of halogens is 1. The maximum absolute atomic E-state index is 12.6. The van der Waals surface area contributed by atoms with Crippen LogP contribution in [0.15, 0.2) is 45.9 Å². The molecular weight excluding hydrogens is 428 g/mol. The van der Waals surface area contributed by atoms with Crippen LogP contribution in [0.2, 0.25) is 0 Å². The van der Waals surface area contributed by atoms with Crippen LogP contribution in [-0.2, 0) is 16.1 Å². The van der Waals surface area contributed by atoms with Crippen LogP contribution in [0, 0.1) is 13.8 Å². The molecule has 0 saturated heterocycles. The monoisotopic (exact) mass is 446 g/mol. The predicted octanol–water partition coefficient (Wildman–Crippen LogP) is 4.39. The first-order chi connectivity index (χ1) is 12.9. The number of thiazole rings is 1. The molecule has 0 unspecified atom stereocenters. The van der Waals surface area contributed by atoms with Crippen LogP contribution >= 0.6 is 27.3 Å². The van der Waals surface area contributed by atoms with Crippen LogP contribution in [0.5, 0.6) is 0 Å². The van der Waals surface area contributed by atoms with E-state index in [4.69, 9.17) is 4.74 Å². The Balaban J connectivity index is 2.15. The quantitative estimate of drug-likeness (QED) is 0.558. The summed E-state index contributed by atoms with van der Waals surface area (Å²) in [4.78, 5) is 29.5. The largest absolute Gasteiger partial charge is 0.465 e. The van der Waals surface area contributed by atoms with Gasteiger partial charge in [0.2, 0.25) is 0 Å². The van der Waals surface area contributed by atoms with Crippen molar-refractivity contribution in [2.45, 2.75) is 27.3 Å². The van der Waals surface area contributed by atoms with Gasteiger partial charge in [-0.05, 0) is 62.2 Å². The molecule has 140 valence electrons. The molecule has 7 heteroatoms. The Morgan fingerprint density at radius 2 is 1.93 bits per heavy atom. The van der Waals surface area contributed by atoms with E-state index in [1.54, 1.807) is 29.7 Å². The van der Waals surface area contributed by atoms with E-state index < -0.39 is 0 Å². The summed E-state index contributed by atoms with van der Waals surface area (Å²) in [6.45, 7) is 6.14. The van der Waals surface area contributed by atoms with Crippen LogP contribution < -0.4 is 4.80 Å². The molecule has 3 rings (SSSR count). The standard InChI is InChI=1S/C20H19BrN2O3S/c1-4-26-18(24)11-23-16-8-12(2)13(3)9-17(16)27-20(23)22-19(25)14-6-5-7-15(21)10-14/h5-10H,4,11H2,1-3H3. The molecule has 1 aromatic heterocycles. The lowest BCUT2D eigenvalue weighted by Crippen LogP contribution is -2.23. The van der Waals surface area contributed by atoms with Gasteiger partial charge >= 0.3 is 5.97 Å². The third-order valence-corrected chi connectivity index (χ3v) is 5.69. The second kappa shape index (κ2) is 8.19. The summed E-state index contributed by atoms with van der Waals surface area (Å²) >= 11 is 4.76. The van der Waals surface area contributed by atoms with E-state index in [1.807, 2.05) is 26.0 Å². The van der Waals surface area contributed by atoms with Gasteiger partial charge in [0.05, 0.1) is 16.8 Å². The second-order valence-electron chi connectivity index (χ2n) is 6.11. The first-order valence-electron chi connectivity index (χ1n) is 8.50. The number of hydrogen-bond acceptors (Lipinski definition) is 4. The van der Waals surface area contributed by atoms with Crippen LogP contribution in [0.1, 0.15) is 28.4 Å². The van der Waals surface area contributed by atoms with Gasteiger partial charge in [0.15, 0.2) is 4.80 Å². The molecule has 0 spiro atoms. The number of aryl methyl sites for hydroxylation is 2. The number of ether oxygens (including phenoxy) is 1. The van der Waals surface area contributed by atoms with E-state index >= 15 is 0 Å². The molecule has 1 heterocycles. The van der Waals surface area contributed by atoms with Gasteiger partial charge in [-0.3, -0.25) is 9.59 Å². The number of aromatic nitrogens is 1. The van der Waals surface area contributed by atoms with Gasteiger partial charge in [0, 0.05) is 10.0 Å². The first-order valence-corrected chi connectivity index (χ1v) is 10.1. The summed E-state index contributed by atoms with van der Waals surface area (Å²) in [5, 5.41) is 0. The molecule has 0 N–H and O–H groups in total. The molecule has 27 heavy (non-hydrogen) atoms. The van der Waals surface area contributed by atoms with Crippen LogP contribution in [-0.4, -0.2) is 23.1 Å². The summed E-state index contributed by atoms with van der Waals surface area (Å²) in [6.07, 6.45) is 0. The second-order valence-corrected chi connectivity index (χ2v) is 8.03. The van der Waals surface area contributed by atoms with E-state index in [1.165, 1.54) is 11.3 Å². The molecule has 0 bridgehead atoms. The van der Waals surface area contributed by atoms with Crippen molar-refractivity contribution in [3.05, 3.63) is 62.4 Å². The zero-order valence-electron chi connectivity index (χ0n) is 15.3. The highest BCUT2D eigenvalue weighted by Crippen LogP contribution is 2.22. The molecule has 0 fully saturated rings. The third kappa shape index (κ3) is 4.36. The minimum absolute atomic E-state index is 0.0148. The van der Waals surface area contributed by atoms with Gasteiger partial charge in [-0.15, -0.1) is 0 Å². The molecule has 0 aliphatic heterocycles. The molecule has 5 nitrogen and oxygen atoms in total. The average Bonchev–Trinajstić information content (AvgIpc) is 2.92. The maximum atomic E-state index is 12.6. The zero-order valence-corrected chi connectivity index (χ0v) is 17.7. The minimum atomic E-state index is -0.355. The van der Waals surface area contributed by atoms with Crippen molar-refractivity contribution in [1.82, 2.24) is 4.57 Å². The Kier molecular flexibility index (Phi) is 5.92. The molecule has 0 atom stereocenters. The number of hydrogen-bond donors (Lipinski definition) is 0. The Morgan fingerprint density at radius 3 is 2.63 bits per heavy atom. The fraction of sp³-hybridized carbons (Fsp3) is 0.250. The molecule has 3 aromatic rings. The van der Waals surface area contributed by atoms with Crippen molar-refractivity contribution >= 4 is 49.4 Å². The van der Waals surface area contributed by atoms with Crippen molar-refractivity contribution in [3.8, 4) is 0 Å². The first kappa shape index (κ1) is 19.5. The molecular formula is C20H19BrN2O3S. The van der Waals surface area contributed by atoms with Gasteiger partial charge in [0.1, 0.15) is 6.54 Å². The zero-order chi connectivity index (χ0) is 19.6. The third-order valence-electron chi connectivity index (χ3n) is 4.16. The Hall–Kier alpha value is -2.25. The smallest absolute Gasteiger partial charge is 0.326 e. The lowest BCUT2D eigenvalue weighted by molar-refractivity contribution is -0.143. The number of benzene rings is 2. The molecule has 0 aliphatic carbocycles. The lowest BCUT2D eigenvalue weighted by atomic mass is 10.1. The van der Waals surface area contributed by atoms with Gasteiger partial charge in [0.25, 0.3) is 5.91 Å². The fourth-order valence-electron chi connectivity index (χ4n) is 2.67. The minimum Gasteiger partial charge on any atom is -0.465 e. The lowest BCUT2D eigenvalue weighted by Gasteiger charge is -2.06. The van der Waals surface area contributed by atoms with Crippen molar-refractivity contribution in [3.63, 3.8) is 0 Å². The molecule has 0 aliphatic rings. The molecule has 1 amide bonds. The summed E-state index contributed by atoms with van der Waals surface area (Å²) in [6, 6.07) is 11.2. The van der Waals surface area contributed by atoms with E-state index in [2.05, 4.69) is 27.0 Å². The van der Waals surface area contributed by atoms with Gasteiger partial charge < -0.3 is 9.30 Å². The summed E-state index contributed by atoms with van der Waals surface area (Å²) < 4.78 is 8.63. The normalized spacial score (nSPS) is 11.8. The predicted molar refractivity (Wildman–Crippen MR) is 110 cm³/mol. The fourth-order valence-corrected chi connectivity index (χ4v) is 4.18. The Bertz CT molecular complexity index is 1100. The van der Waals surface area contributed by atoms with Gasteiger partial charge in [-0.25, -0.2) is 0 Å². The van der Waals surface area contributed by atoms with Crippen molar-refractivity contribution in [1.29, 1.82) is 0 Å². The summed E-state index contributed by atoms with van der Waals surface area (Å²) in [5.41, 5.74) is 3.62. The average molecular weight is 447 g/mol. The highest BCUT2D eigenvalue weighted by atomic mass is 79.9. The number of carbonyl (C=O) groups excluding carboxylic acids is 2. The van der Waals surface area contributed by atoms with Crippen molar-refractivity contribution in [2.75, 3.05) is 6.61 Å². The number of esters is 1. The van der Waals surface area contributed by atoms with E-state index in [0.717, 1.165) is 25.8 Å². The highest BCUT2D eigenvalue weighted by molar-refractivity contribution is 9.10. The number of carbonyl (C=O) groups is 2. The number of nitrogens with zero attached hydrogens (tertiary/aromatic N) is 2. The highest BCUT2D eigenvalue weighted by Gasteiger charge is 2.14. The van der Waals surface area contributed by atoms with E-state index in [0.29, 0.717) is 17.0 Å². The SMILES string of the molecule is CCOC(=O)Cn1c(=NC(=O)c2cccc(Br)c2)sc2cc(C)c(C)cc21. The maximum Gasteiger partial charge on any atom is 0.326 e. The Morgan fingerprint density at radius 1 is 1.19 bits per heavy atom. The number of rotatable bonds is 4. The van der Waals surface area contributed by atoms with Crippen LogP contribution in [0.25, 0.3) is 10.2 Å². The Labute approximate surface area is 169 Å². The van der Waals surface area contributed by atoms with Crippen LogP contribution in [0.4, 0.5) is 0 Å². The number of fused-ring (bicyclic) bond motifs is 1. The summed E-state index contributed by atoms with van der Waals surface area (Å²) in [7, 11) is 0. The van der Waals surface area contributed by atoms with Gasteiger partial charge in [-0.2, -0.15) is 4.99 Å². The topological polar surface area (TPSA) is 60.7 Å². The summed E-state index contributed by atoms with van der Waals surface area (Å²) in [5.74, 6) is -0.708. The van der Waals surface area contributed by atoms with Gasteiger partial charge in [-0.1, -0.05) is 33.3 Å². The van der Waals surface area contributed by atoms with E-state index in [9.17, 15) is 9.59 Å². The molecule has 0 radical (unpaired) electrons. The number of amides is 1. The molecule has 0 saturated carbocycles. The van der Waals surface area contributed by atoms with Crippen molar-refractivity contribution < 1.29 is 14.3 Å². The van der Waals surface area contributed by atoms with Crippen molar-refractivity contribution in [2.24, 2.45) is 4.99 Å². The van der Waals surface area contributed by atoms with E-state index in [-0.39, 0.29) is 18.4 Å². The molecule has 2 aromatic carbocycles. The van der Waals surface area contributed by atoms with Crippen LogP contribution in [0.3, 0.4) is 0 Å².